The highest BCUT2D eigenvalue weighted by Gasteiger charge is 2.26. The van der Waals surface area contributed by atoms with Gasteiger partial charge in [-0.15, -0.1) is 0 Å². The maximum absolute atomic E-state index is 12.6. The van der Waals surface area contributed by atoms with Crippen molar-refractivity contribution in [2.45, 2.75) is 19.4 Å². The van der Waals surface area contributed by atoms with Crippen molar-refractivity contribution in [2.75, 3.05) is 25.1 Å². The summed E-state index contributed by atoms with van der Waals surface area (Å²) < 4.78 is 6.42. The highest BCUT2D eigenvalue weighted by Crippen LogP contribution is 2.33. The van der Waals surface area contributed by atoms with Crippen molar-refractivity contribution in [2.24, 2.45) is 5.92 Å². The number of rotatable bonds is 5. The lowest BCUT2D eigenvalue weighted by Gasteiger charge is -2.30. The summed E-state index contributed by atoms with van der Waals surface area (Å²) in [4.78, 5) is 27.4. The van der Waals surface area contributed by atoms with Gasteiger partial charge in [0, 0.05) is 19.0 Å². The second kappa shape index (κ2) is 7.95. The molecule has 154 valence electrons. The molecule has 1 aliphatic heterocycles. The van der Waals surface area contributed by atoms with Gasteiger partial charge in [0.1, 0.15) is 11.6 Å². The molecule has 1 amide bonds. The van der Waals surface area contributed by atoms with E-state index in [1.807, 2.05) is 42.5 Å². The van der Waals surface area contributed by atoms with Gasteiger partial charge in [-0.25, -0.2) is 9.97 Å². The quantitative estimate of drug-likeness (QED) is 0.513. The molecule has 30 heavy (non-hydrogen) atoms. The van der Waals surface area contributed by atoms with E-state index in [9.17, 15) is 4.79 Å². The standard InChI is InChI=1S/C22H23N5O2S/c1-29-15-6-7-18-19(12-15)30-22(26-18)27-10-8-14(9-11-27)21(28)23-13-20-24-16-4-2-3-5-17(16)25-20/h2-7,12,14H,8-11,13H2,1H3,(H,23,28)(H,24,25). The monoisotopic (exact) mass is 421 g/mol. The summed E-state index contributed by atoms with van der Waals surface area (Å²) in [5.74, 6) is 1.76. The molecule has 0 aliphatic carbocycles. The third-order valence-electron chi connectivity index (χ3n) is 5.59. The Kier molecular flexibility index (Phi) is 5.00. The maximum Gasteiger partial charge on any atom is 0.223 e. The fourth-order valence-electron chi connectivity index (χ4n) is 3.89. The number of thiazole rings is 1. The van der Waals surface area contributed by atoms with Crippen molar-refractivity contribution in [1.29, 1.82) is 0 Å². The molecule has 0 spiro atoms. The lowest BCUT2D eigenvalue weighted by atomic mass is 9.96. The molecule has 4 aromatic rings. The number of hydrogen-bond acceptors (Lipinski definition) is 6. The first-order valence-corrected chi connectivity index (χ1v) is 10.9. The Morgan fingerprint density at radius 3 is 2.83 bits per heavy atom. The number of aromatic amines is 1. The number of fused-ring (bicyclic) bond motifs is 2. The summed E-state index contributed by atoms with van der Waals surface area (Å²) in [5, 5.41) is 4.05. The van der Waals surface area contributed by atoms with Gasteiger partial charge in [-0.2, -0.15) is 0 Å². The molecule has 2 aromatic carbocycles. The zero-order valence-electron chi connectivity index (χ0n) is 16.7. The van der Waals surface area contributed by atoms with Crippen LogP contribution in [0.1, 0.15) is 18.7 Å². The van der Waals surface area contributed by atoms with E-state index < -0.39 is 0 Å². The van der Waals surface area contributed by atoms with Crippen LogP contribution in [0.15, 0.2) is 42.5 Å². The molecule has 7 nitrogen and oxygen atoms in total. The van der Waals surface area contributed by atoms with Crippen LogP contribution in [0.25, 0.3) is 21.3 Å². The molecule has 0 radical (unpaired) electrons. The maximum atomic E-state index is 12.6. The number of imidazole rings is 1. The first-order valence-electron chi connectivity index (χ1n) is 10.1. The number of ether oxygens (including phenoxy) is 1. The van der Waals surface area contributed by atoms with E-state index in [1.165, 1.54) is 0 Å². The number of carbonyl (C=O) groups excluding carboxylic acids is 1. The van der Waals surface area contributed by atoms with E-state index >= 15 is 0 Å². The highest BCUT2D eigenvalue weighted by atomic mass is 32.1. The van der Waals surface area contributed by atoms with Crippen molar-refractivity contribution in [1.82, 2.24) is 20.3 Å². The second-order valence-corrected chi connectivity index (χ2v) is 8.52. The number of anilines is 1. The minimum Gasteiger partial charge on any atom is -0.497 e. The Morgan fingerprint density at radius 1 is 1.20 bits per heavy atom. The molecule has 2 aromatic heterocycles. The van der Waals surface area contributed by atoms with E-state index in [4.69, 9.17) is 9.72 Å². The summed E-state index contributed by atoms with van der Waals surface area (Å²) in [6.07, 6.45) is 1.65. The number of piperidine rings is 1. The number of methoxy groups -OCH3 is 1. The van der Waals surface area contributed by atoms with Gasteiger partial charge in [-0.05, 0) is 43.2 Å². The zero-order valence-corrected chi connectivity index (χ0v) is 17.5. The summed E-state index contributed by atoms with van der Waals surface area (Å²) in [6, 6.07) is 13.8. The molecule has 1 aliphatic rings. The molecule has 0 atom stereocenters. The number of amides is 1. The zero-order chi connectivity index (χ0) is 20.5. The minimum absolute atomic E-state index is 0.0279. The molecule has 0 unspecified atom stereocenters. The molecule has 1 saturated heterocycles. The number of para-hydroxylation sites is 2. The number of carbonyl (C=O) groups is 1. The van der Waals surface area contributed by atoms with Gasteiger partial charge in [0.15, 0.2) is 5.13 Å². The minimum atomic E-state index is 0.0279. The highest BCUT2D eigenvalue weighted by molar-refractivity contribution is 7.22. The Morgan fingerprint density at radius 2 is 2.03 bits per heavy atom. The van der Waals surface area contributed by atoms with Crippen LogP contribution in [0.4, 0.5) is 5.13 Å². The van der Waals surface area contributed by atoms with E-state index in [2.05, 4.69) is 20.2 Å². The number of nitrogens with zero attached hydrogens (tertiary/aromatic N) is 3. The Balaban J connectivity index is 1.17. The van der Waals surface area contributed by atoms with Crippen molar-refractivity contribution in [3.05, 3.63) is 48.3 Å². The second-order valence-electron chi connectivity index (χ2n) is 7.51. The fourth-order valence-corrected chi connectivity index (χ4v) is 4.94. The van der Waals surface area contributed by atoms with E-state index in [0.29, 0.717) is 6.54 Å². The molecule has 3 heterocycles. The lowest BCUT2D eigenvalue weighted by molar-refractivity contribution is -0.125. The largest absolute Gasteiger partial charge is 0.497 e. The first-order chi connectivity index (χ1) is 14.7. The average Bonchev–Trinajstić information content (AvgIpc) is 3.40. The molecule has 8 heteroatoms. The summed E-state index contributed by atoms with van der Waals surface area (Å²) in [6.45, 7) is 2.09. The Hall–Kier alpha value is -3.13. The van der Waals surface area contributed by atoms with Crippen LogP contribution in [-0.2, 0) is 11.3 Å². The van der Waals surface area contributed by atoms with Crippen LogP contribution in [0, 0.1) is 5.92 Å². The molecular weight excluding hydrogens is 398 g/mol. The topological polar surface area (TPSA) is 83.1 Å². The van der Waals surface area contributed by atoms with Crippen LogP contribution in [-0.4, -0.2) is 41.1 Å². The SMILES string of the molecule is COc1ccc2nc(N3CCC(C(=O)NCc4nc5ccccc5[nH]4)CC3)sc2c1. The van der Waals surface area contributed by atoms with Crippen LogP contribution < -0.4 is 15.0 Å². The number of nitrogens with one attached hydrogen (secondary N) is 2. The van der Waals surface area contributed by atoms with Crippen LogP contribution in [0.2, 0.25) is 0 Å². The fraction of sp³-hybridized carbons (Fsp3) is 0.318. The van der Waals surface area contributed by atoms with Crippen molar-refractivity contribution < 1.29 is 9.53 Å². The van der Waals surface area contributed by atoms with E-state index in [1.54, 1.807) is 18.4 Å². The summed E-state index contributed by atoms with van der Waals surface area (Å²) >= 11 is 1.67. The van der Waals surface area contributed by atoms with Gasteiger partial charge >= 0.3 is 0 Å². The number of benzene rings is 2. The lowest BCUT2D eigenvalue weighted by Crippen LogP contribution is -2.40. The average molecular weight is 422 g/mol. The molecular formula is C22H23N5O2S. The van der Waals surface area contributed by atoms with Gasteiger partial charge in [-0.1, -0.05) is 23.5 Å². The molecule has 0 saturated carbocycles. The molecule has 5 rings (SSSR count). The molecule has 0 bridgehead atoms. The summed E-state index contributed by atoms with van der Waals surface area (Å²) in [7, 11) is 1.67. The van der Waals surface area contributed by atoms with E-state index in [0.717, 1.165) is 63.9 Å². The van der Waals surface area contributed by atoms with Crippen molar-refractivity contribution in [3.63, 3.8) is 0 Å². The van der Waals surface area contributed by atoms with Crippen LogP contribution in [0.3, 0.4) is 0 Å². The Labute approximate surface area is 178 Å². The van der Waals surface area contributed by atoms with Gasteiger partial charge in [0.2, 0.25) is 5.91 Å². The van der Waals surface area contributed by atoms with Crippen molar-refractivity contribution >= 4 is 43.6 Å². The first kappa shape index (κ1) is 18.9. The number of aromatic nitrogens is 3. The van der Waals surface area contributed by atoms with Gasteiger partial charge in [0.05, 0.1) is 34.9 Å². The van der Waals surface area contributed by atoms with Gasteiger partial charge in [-0.3, -0.25) is 4.79 Å². The summed E-state index contributed by atoms with van der Waals surface area (Å²) in [5.41, 5.74) is 2.90. The van der Waals surface area contributed by atoms with Crippen LogP contribution >= 0.6 is 11.3 Å². The van der Waals surface area contributed by atoms with Crippen molar-refractivity contribution in [3.8, 4) is 5.75 Å². The molecule has 2 N–H and O–H groups in total. The van der Waals surface area contributed by atoms with E-state index in [-0.39, 0.29) is 11.8 Å². The predicted octanol–water partition coefficient (Wildman–Crippen LogP) is 3.71. The number of H-pyrrole nitrogens is 1. The number of hydrogen-bond donors (Lipinski definition) is 2. The van der Waals surface area contributed by atoms with Gasteiger partial charge in [0.25, 0.3) is 0 Å². The predicted molar refractivity (Wildman–Crippen MR) is 119 cm³/mol. The van der Waals surface area contributed by atoms with Gasteiger partial charge < -0.3 is 19.9 Å². The smallest absolute Gasteiger partial charge is 0.223 e. The third-order valence-corrected chi connectivity index (χ3v) is 6.67. The normalized spacial score (nSPS) is 15.0. The third kappa shape index (κ3) is 3.70. The molecule has 1 fully saturated rings. The van der Waals surface area contributed by atoms with Crippen LogP contribution in [0.5, 0.6) is 5.75 Å². The Bertz CT molecular complexity index is 1160.